The molecule has 5 heteroatoms. The summed E-state index contributed by atoms with van der Waals surface area (Å²) in [4.78, 5) is 9.30. The van der Waals surface area contributed by atoms with Crippen molar-refractivity contribution in [3.05, 3.63) is 30.3 Å². The van der Waals surface area contributed by atoms with Gasteiger partial charge in [0.25, 0.3) is 0 Å². The number of aliphatic imine (C=N–C) groups is 1. The molecule has 1 N–H and O–H groups in total. The van der Waals surface area contributed by atoms with Crippen LogP contribution in [0, 0.1) is 0 Å². The topological polar surface area (TPSA) is 40.1 Å². The number of piperazine rings is 1. The molecule has 0 unspecified atom stereocenters. The van der Waals surface area contributed by atoms with E-state index in [1.54, 1.807) is 0 Å². The summed E-state index contributed by atoms with van der Waals surface area (Å²) in [5.74, 6) is 2.03. The zero-order chi connectivity index (χ0) is 15.9. The van der Waals surface area contributed by atoms with Crippen LogP contribution in [0.3, 0.4) is 0 Å². The molecule has 1 aliphatic carbocycles. The molecule has 2 fully saturated rings. The van der Waals surface area contributed by atoms with Crippen molar-refractivity contribution in [2.24, 2.45) is 4.99 Å². The van der Waals surface area contributed by atoms with Gasteiger partial charge in [-0.25, -0.2) is 0 Å². The van der Waals surface area contributed by atoms with Crippen molar-refractivity contribution in [2.75, 3.05) is 46.4 Å². The van der Waals surface area contributed by atoms with Crippen LogP contribution in [-0.2, 0) is 0 Å². The summed E-state index contributed by atoms with van der Waals surface area (Å²) in [6.07, 6.45) is 3.93. The van der Waals surface area contributed by atoms with Crippen LogP contribution in [0.4, 0.5) is 0 Å². The Morgan fingerprint density at radius 2 is 1.91 bits per heavy atom. The van der Waals surface area contributed by atoms with E-state index in [9.17, 15) is 0 Å². The third kappa shape index (κ3) is 4.61. The zero-order valence-electron chi connectivity index (χ0n) is 14.1. The molecule has 2 aliphatic rings. The highest BCUT2D eigenvalue weighted by atomic mass is 16.5. The predicted octanol–water partition coefficient (Wildman–Crippen LogP) is 1.81. The van der Waals surface area contributed by atoms with Crippen LogP contribution in [0.15, 0.2) is 35.3 Å². The van der Waals surface area contributed by atoms with Crippen LogP contribution in [0.1, 0.15) is 19.3 Å². The number of guanidine groups is 1. The fourth-order valence-electron chi connectivity index (χ4n) is 3.03. The molecule has 0 spiro atoms. The molecular formula is C18H28N4O. The van der Waals surface area contributed by atoms with Crippen molar-refractivity contribution < 1.29 is 4.74 Å². The molecule has 1 aliphatic heterocycles. The van der Waals surface area contributed by atoms with Gasteiger partial charge < -0.3 is 15.0 Å². The predicted molar refractivity (Wildman–Crippen MR) is 94.1 cm³/mol. The number of benzene rings is 1. The highest BCUT2D eigenvalue weighted by Crippen LogP contribution is 2.18. The van der Waals surface area contributed by atoms with Gasteiger partial charge in [-0.2, -0.15) is 0 Å². The monoisotopic (exact) mass is 316 g/mol. The summed E-state index contributed by atoms with van der Waals surface area (Å²) >= 11 is 0. The average molecular weight is 316 g/mol. The number of hydrogen-bond acceptors (Lipinski definition) is 3. The fourth-order valence-corrected chi connectivity index (χ4v) is 3.03. The number of rotatable bonds is 5. The second-order valence-electron chi connectivity index (χ2n) is 6.31. The van der Waals surface area contributed by atoms with Crippen LogP contribution in [0.5, 0.6) is 5.75 Å². The van der Waals surface area contributed by atoms with Crippen LogP contribution in [0.2, 0.25) is 0 Å². The minimum atomic E-state index is 0.644. The van der Waals surface area contributed by atoms with Gasteiger partial charge in [0.15, 0.2) is 5.96 Å². The van der Waals surface area contributed by atoms with Gasteiger partial charge in [0.05, 0.1) is 0 Å². The van der Waals surface area contributed by atoms with Crippen molar-refractivity contribution in [3.63, 3.8) is 0 Å². The molecule has 1 saturated heterocycles. The molecule has 126 valence electrons. The van der Waals surface area contributed by atoms with E-state index in [0.717, 1.165) is 51.0 Å². The maximum absolute atomic E-state index is 5.79. The average Bonchev–Trinajstić information content (AvgIpc) is 2.56. The quantitative estimate of drug-likeness (QED) is 0.664. The molecule has 1 aromatic carbocycles. The first-order chi connectivity index (χ1) is 11.3. The normalized spacial score (nSPS) is 20.2. The Morgan fingerprint density at radius 3 is 2.52 bits per heavy atom. The lowest BCUT2D eigenvalue weighted by Crippen LogP contribution is -2.55. The Morgan fingerprint density at radius 1 is 1.17 bits per heavy atom. The molecule has 1 saturated carbocycles. The van der Waals surface area contributed by atoms with Crippen LogP contribution < -0.4 is 10.1 Å². The van der Waals surface area contributed by atoms with E-state index >= 15 is 0 Å². The number of hydrogen-bond donors (Lipinski definition) is 1. The second-order valence-corrected chi connectivity index (χ2v) is 6.31. The number of nitrogens with one attached hydrogen (secondary N) is 1. The zero-order valence-corrected chi connectivity index (χ0v) is 14.1. The summed E-state index contributed by atoms with van der Waals surface area (Å²) in [6, 6.07) is 10.7. The molecule has 5 nitrogen and oxygen atoms in total. The highest BCUT2D eigenvalue weighted by molar-refractivity contribution is 5.80. The van der Waals surface area contributed by atoms with E-state index in [-0.39, 0.29) is 0 Å². The highest BCUT2D eigenvalue weighted by Gasteiger charge is 2.23. The molecular weight excluding hydrogens is 288 g/mol. The van der Waals surface area contributed by atoms with Crippen molar-refractivity contribution >= 4 is 5.96 Å². The Balaban J connectivity index is 1.36. The van der Waals surface area contributed by atoms with Gasteiger partial charge in [0.1, 0.15) is 12.4 Å². The van der Waals surface area contributed by atoms with E-state index in [0.29, 0.717) is 6.04 Å². The van der Waals surface area contributed by atoms with Gasteiger partial charge in [0, 0.05) is 45.8 Å². The third-order valence-corrected chi connectivity index (χ3v) is 4.74. The van der Waals surface area contributed by atoms with Gasteiger partial charge in [-0.1, -0.05) is 18.2 Å². The second kappa shape index (κ2) is 8.20. The minimum absolute atomic E-state index is 0.644. The maximum atomic E-state index is 5.79. The van der Waals surface area contributed by atoms with Crippen molar-refractivity contribution in [2.45, 2.75) is 25.3 Å². The van der Waals surface area contributed by atoms with Gasteiger partial charge in [0.2, 0.25) is 0 Å². The summed E-state index contributed by atoms with van der Waals surface area (Å²) in [7, 11) is 1.89. The van der Waals surface area contributed by atoms with Crippen LogP contribution >= 0.6 is 0 Å². The molecule has 0 radical (unpaired) electrons. The van der Waals surface area contributed by atoms with E-state index in [4.69, 9.17) is 4.74 Å². The SMILES string of the molecule is CN=C(NC1CCC1)N1CCN(CCOc2ccccc2)CC1. The summed E-state index contributed by atoms with van der Waals surface area (Å²) in [5.41, 5.74) is 0. The van der Waals surface area contributed by atoms with Gasteiger partial charge in [-0.15, -0.1) is 0 Å². The smallest absolute Gasteiger partial charge is 0.193 e. The van der Waals surface area contributed by atoms with Gasteiger partial charge >= 0.3 is 0 Å². The molecule has 0 atom stereocenters. The lowest BCUT2D eigenvalue weighted by atomic mass is 9.93. The molecule has 1 aromatic rings. The molecule has 3 rings (SSSR count). The molecule has 0 amide bonds. The number of ether oxygens (including phenoxy) is 1. The van der Waals surface area contributed by atoms with E-state index in [1.807, 2.05) is 37.4 Å². The number of nitrogens with zero attached hydrogens (tertiary/aromatic N) is 3. The van der Waals surface area contributed by atoms with E-state index in [1.165, 1.54) is 19.3 Å². The Labute approximate surface area is 139 Å². The first-order valence-corrected chi connectivity index (χ1v) is 8.73. The molecule has 23 heavy (non-hydrogen) atoms. The summed E-state index contributed by atoms with van der Waals surface area (Å²) in [6.45, 7) is 5.96. The van der Waals surface area contributed by atoms with Gasteiger partial charge in [-0.05, 0) is 31.4 Å². The van der Waals surface area contributed by atoms with Crippen molar-refractivity contribution in [3.8, 4) is 5.75 Å². The molecule has 1 heterocycles. The van der Waals surface area contributed by atoms with Crippen molar-refractivity contribution in [1.29, 1.82) is 0 Å². The third-order valence-electron chi connectivity index (χ3n) is 4.74. The standard InChI is InChI=1S/C18H28N4O/c1-19-18(20-16-6-5-7-16)22-12-10-21(11-13-22)14-15-23-17-8-3-2-4-9-17/h2-4,8-9,16H,5-7,10-15H2,1H3,(H,19,20). The minimum Gasteiger partial charge on any atom is -0.492 e. The Bertz CT molecular complexity index is 493. The molecule has 0 bridgehead atoms. The van der Waals surface area contributed by atoms with E-state index in [2.05, 4.69) is 20.1 Å². The first kappa shape index (κ1) is 16.1. The van der Waals surface area contributed by atoms with Gasteiger partial charge in [-0.3, -0.25) is 9.89 Å². The lowest BCUT2D eigenvalue weighted by Gasteiger charge is -2.38. The first-order valence-electron chi connectivity index (χ1n) is 8.73. The molecule has 0 aromatic heterocycles. The Kier molecular flexibility index (Phi) is 5.75. The van der Waals surface area contributed by atoms with Crippen LogP contribution in [0.25, 0.3) is 0 Å². The Hall–Kier alpha value is -1.75. The van der Waals surface area contributed by atoms with Crippen molar-refractivity contribution in [1.82, 2.24) is 15.1 Å². The fraction of sp³-hybridized carbons (Fsp3) is 0.611. The lowest BCUT2D eigenvalue weighted by molar-refractivity contribution is 0.151. The largest absolute Gasteiger partial charge is 0.492 e. The van der Waals surface area contributed by atoms with Crippen LogP contribution in [-0.4, -0.2) is 68.2 Å². The summed E-state index contributed by atoms with van der Waals surface area (Å²) in [5, 5.41) is 3.59. The number of para-hydroxylation sites is 1. The van der Waals surface area contributed by atoms with E-state index < -0.39 is 0 Å². The maximum Gasteiger partial charge on any atom is 0.193 e. The summed E-state index contributed by atoms with van der Waals surface area (Å²) < 4.78 is 5.79.